The summed E-state index contributed by atoms with van der Waals surface area (Å²) in [5, 5.41) is 0. The fourth-order valence-corrected chi connectivity index (χ4v) is 1.43. The number of ketones is 1. The van der Waals surface area contributed by atoms with Gasteiger partial charge in [-0.25, -0.2) is 0 Å². The Kier molecular flexibility index (Phi) is 5.37. The molecule has 0 aromatic carbocycles. The molecular weight excluding hydrogens is 200 g/mol. The van der Waals surface area contributed by atoms with E-state index in [1.165, 1.54) is 0 Å². The first-order valence-corrected chi connectivity index (χ1v) is 6.15. The number of Topliss-reactive ketones (excluding diaryl/α,β-unsaturated/α-hetero) is 1. The zero-order valence-corrected chi connectivity index (χ0v) is 11.6. The Bertz CT molecular complexity index is 250. The molecule has 94 valence electrons. The third kappa shape index (κ3) is 4.46. The summed E-state index contributed by atoms with van der Waals surface area (Å²) in [4.78, 5) is 22.9. The Labute approximate surface area is 99.8 Å². The van der Waals surface area contributed by atoms with Crippen LogP contribution in [0, 0.1) is 16.7 Å². The SMILES string of the molecule is CCC(C)(C=O)CCC(=O)C(C)C(C)(C)C. The number of carbonyl (C=O) groups excluding carboxylic acids is 2. The molecule has 0 amide bonds. The van der Waals surface area contributed by atoms with E-state index in [0.717, 1.165) is 12.7 Å². The van der Waals surface area contributed by atoms with Crippen molar-refractivity contribution in [1.82, 2.24) is 0 Å². The third-order valence-electron chi connectivity index (χ3n) is 3.82. The summed E-state index contributed by atoms with van der Waals surface area (Å²) in [6, 6.07) is 0. The molecule has 0 aliphatic rings. The summed E-state index contributed by atoms with van der Waals surface area (Å²) >= 11 is 0. The average molecular weight is 226 g/mol. The van der Waals surface area contributed by atoms with Crippen LogP contribution in [0.5, 0.6) is 0 Å². The highest BCUT2D eigenvalue weighted by molar-refractivity contribution is 5.81. The minimum atomic E-state index is -0.326. The van der Waals surface area contributed by atoms with Gasteiger partial charge in [0.15, 0.2) is 0 Å². The molecule has 0 heterocycles. The second kappa shape index (κ2) is 5.60. The van der Waals surface area contributed by atoms with Crippen molar-refractivity contribution in [3.63, 3.8) is 0 Å². The molecule has 0 saturated carbocycles. The molecule has 2 nitrogen and oxygen atoms in total. The van der Waals surface area contributed by atoms with Crippen molar-refractivity contribution in [1.29, 1.82) is 0 Å². The molecule has 16 heavy (non-hydrogen) atoms. The van der Waals surface area contributed by atoms with Gasteiger partial charge in [-0.05, 0) is 18.3 Å². The van der Waals surface area contributed by atoms with Crippen molar-refractivity contribution in [3.8, 4) is 0 Å². The fourth-order valence-electron chi connectivity index (χ4n) is 1.43. The third-order valence-corrected chi connectivity index (χ3v) is 3.82. The van der Waals surface area contributed by atoms with E-state index in [-0.39, 0.29) is 22.5 Å². The van der Waals surface area contributed by atoms with Gasteiger partial charge in [0, 0.05) is 17.8 Å². The van der Waals surface area contributed by atoms with Crippen LogP contribution >= 0.6 is 0 Å². The Hall–Kier alpha value is -0.660. The number of hydrogen-bond acceptors (Lipinski definition) is 2. The molecule has 0 aromatic rings. The van der Waals surface area contributed by atoms with E-state index in [1.54, 1.807) is 0 Å². The molecule has 0 radical (unpaired) electrons. The van der Waals surface area contributed by atoms with E-state index in [9.17, 15) is 9.59 Å². The molecule has 2 atom stereocenters. The van der Waals surface area contributed by atoms with Gasteiger partial charge in [0.05, 0.1) is 0 Å². The van der Waals surface area contributed by atoms with Crippen molar-refractivity contribution in [2.75, 3.05) is 0 Å². The Balaban J connectivity index is 4.33. The number of hydrogen-bond donors (Lipinski definition) is 0. The zero-order valence-electron chi connectivity index (χ0n) is 11.6. The number of rotatable bonds is 6. The lowest BCUT2D eigenvalue weighted by Crippen LogP contribution is -2.27. The average Bonchev–Trinajstić information content (AvgIpc) is 2.23. The first kappa shape index (κ1) is 15.3. The summed E-state index contributed by atoms with van der Waals surface area (Å²) in [5.74, 6) is 0.328. The maximum absolute atomic E-state index is 12.0. The van der Waals surface area contributed by atoms with Gasteiger partial charge < -0.3 is 4.79 Å². The van der Waals surface area contributed by atoms with Gasteiger partial charge in [0.25, 0.3) is 0 Å². The highest BCUT2D eigenvalue weighted by atomic mass is 16.1. The lowest BCUT2D eigenvalue weighted by atomic mass is 9.76. The highest BCUT2D eigenvalue weighted by Gasteiger charge is 2.29. The molecule has 0 aromatic heterocycles. The largest absolute Gasteiger partial charge is 0.303 e. The van der Waals surface area contributed by atoms with Crippen LogP contribution in [-0.4, -0.2) is 12.1 Å². The quantitative estimate of drug-likeness (QED) is 0.648. The van der Waals surface area contributed by atoms with Crippen molar-refractivity contribution < 1.29 is 9.59 Å². The van der Waals surface area contributed by atoms with E-state index in [2.05, 4.69) is 20.8 Å². The highest BCUT2D eigenvalue weighted by Crippen LogP contribution is 2.30. The van der Waals surface area contributed by atoms with Crippen LogP contribution in [0.2, 0.25) is 0 Å². The minimum absolute atomic E-state index is 0.0148. The fraction of sp³-hybridized carbons (Fsp3) is 0.857. The number of carbonyl (C=O) groups is 2. The van der Waals surface area contributed by atoms with E-state index in [0.29, 0.717) is 12.8 Å². The molecule has 0 fully saturated rings. The molecule has 0 aliphatic heterocycles. The van der Waals surface area contributed by atoms with Gasteiger partial charge in [-0.15, -0.1) is 0 Å². The van der Waals surface area contributed by atoms with Crippen molar-refractivity contribution in [3.05, 3.63) is 0 Å². The zero-order chi connectivity index (χ0) is 13.0. The van der Waals surface area contributed by atoms with Crippen LogP contribution in [0.1, 0.15) is 60.8 Å². The van der Waals surface area contributed by atoms with Crippen LogP contribution in [-0.2, 0) is 9.59 Å². The van der Waals surface area contributed by atoms with Crippen LogP contribution in [0.25, 0.3) is 0 Å². The lowest BCUT2D eigenvalue weighted by molar-refractivity contribution is -0.126. The molecular formula is C14H26O2. The van der Waals surface area contributed by atoms with Crippen LogP contribution < -0.4 is 0 Å². The summed E-state index contributed by atoms with van der Waals surface area (Å²) < 4.78 is 0. The van der Waals surface area contributed by atoms with Crippen LogP contribution in [0.4, 0.5) is 0 Å². The van der Waals surface area contributed by atoms with Gasteiger partial charge >= 0.3 is 0 Å². The molecule has 2 heteroatoms. The smallest absolute Gasteiger partial charge is 0.136 e. The van der Waals surface area contributed by atoms with Gasteiger partial charge in [0.2, 0.25) is 0 Å². The predicted octanol–water partition coefficient (Wildman–Crippen LogP) is 3.63. The standard InChI is InChI=1S/C14H26O2/c1-7-14(6,10-15)9-8-12(16)11(2)13(3,4)5/h10-11H,7-9H2,1-6H3. The Morgan fingerprint density at radius 3 is 2.06 bits per heavy atom. The maximum atomic E-state index is 12.0. The van der Waals surface area contributed by atoms with Gasteiger partial charge in [-0.3, -0.25) is 4.79 Å². The van der Waals surface area contributed by atoms with Crippen molar-refractivity contribution >= 4 is 12.1 Å². The Morgan fingerprint density at radius 1 is 1.25 bits per heavy atom. The topological polar surface area (TPSA) is 34.1 Å². The predicted molar refractivity (Wildman–Crippen MR) is 67.3 cm³/mol. The van der Waals surface area contributed by atoms with E-state index < -0.39 is 0 Å². The van der Waals surface area contributed by atoms with Gasteiger partial charge in [-0.1, -0.05) is 41.5 Å². The lowest BCUT2D eigenvalue weighted by Gasteiger charge is -2.27. The van der Waals surface area contributed by atoms with Crippen molar-refractivity contribution in [2.24, 2.45) is 16.7 Å². The molecule has 0 aliphatic carbocycles. The second-order valence-corrected chi connectivity index (χ2v) is 6.18. The summed E-state index contributed by atoms with van der Waals surface area (Å²) in [6.45, 7) is 12.1. The summed E-state index contributed by atoms with van der Waals surface area (Å²) in [5.41, 5.74) is -0.311. The molecule has 0 saturated heterocycles. The molecule has 2 unspecified atom stereocenters. The monoisotopic (exact) mass is 226 g/mol. The van der Waals surface area contributed by atoms with E-state index in [1.807, 2.05) is 20.8 Å². The van der Waals surface area contributed by atoms with Crippen LogP contribution in [0.15, 0.2) is 0 Å². The second-order valence-electron chi connectivity index (χ2n) is 6.18. The first-order valence-electron chi connectivity index (χ1n) is 6.15. The number of aldehydes is 1. The van der Waals surface area contributed by atoms with E-state index in [4.69, 9.17) is 0 Å². The minimum Gasteiger partial charge on any atom is -0.303 e. The molecule has 0 N–H and O–H groups in total. The summed E-state index contributed by atoms with van der Waals surface area (Å²) in [7, 11) is 0. The van der Waals surface area contributed by atoms with E-state index >= 15 is 0 Å². The molecule has 0 spiro atoms. The normalized spacial score (nSPS) is 17.6. The van der Waals surface area contributed by atoms with Crippen LogP contribution in [0.3, 0.4) is 0 Å². The molecule has 0 bridgehead atoms. The summed E-state index contributed by atoms with van der Waals surface area (Å²) in [6.07, 6.45) is 2.98. The molecule has 0 rings (SSSR count). The first-order chi connectivity index (χ1) is 7.16. The van der Waals surface area contributed by atoms with Crippen molar-refractivity contribution in [2.45, 2.75) is 60.8 Å². The maximum Gasteiger partial charge on any atom is 0.136 e. The van der Waals surface area contributed by atoms with Gasteiger partial charge in [-0.2, -0.15) is 0 Å². The Morgan fingerprint density at radius 2 is 1.75 bits per heavy atom. The van der Waals surface area contributed by atoms with Gasteiger partial charge in [0.1, 0.15) is 12.1 Å².